The zero-order valence-electron chi connectivity index (χ0n) is 27.9. The number of nitrogens with one attached hydrogen (secondary N) is 2. The Labute approximate surface area is 282 Å². The van der Waals surface area contributed by atoms with Crippen molar-refractivity contribution in [1.29, 1.82) is 0 Å². The summed E-state index contributed by atoms with van der Waals surface area (Å²) in [5, 5.41) is 7.10. The summed E-state index contributed by atoms with van der Waals surface area (Å²) >= 11 is 1.73. The monoisotopic (exact) mass is 654 g/mol. The zero-order chi connectivity index (χ0) is 32.3. The van der Waals surface area contributed by atoms with Crippen molar-refractivity contribution in [2.45, 2.75) is 51.1 Å². The van der Waals surface area contributed by atoms with Crippen LogP contribution in [-0.4, -0.2) is 102 Å². The Bertz CT molecular complexity index is 1680. The number of anilines is 6. The molecular formula is C35H46N10OS. The highest BCUT2D eigenvalue weighted by Gasteiger charge is 2.32. The lowest BCUT2D eigenvalue weighted by Gasteiger charge is -2.42. The third-order valence-electron chi connectivity index (χ3n) is 9.72. The molecule has 12 heteroatoms. The first-order valence-electron chi connectivity index (χ1n) is 16.9. The molecule has 2 saturated heterocycles. The van der Waals surface area contributed by atoms with Gasteiger partial charge in [0.05, 0.1) is 29.7 Å². The van der Waals surface area contributed by atoms with E-state index in [1.54, 1.807) is 31.5 Å². The topological polar surface area (TPSA) is 97.8 Å². The minimum Gasteiger partial charge on any atom is -0.494 e. The number of rotatable bonds is 11. The van der Waals surface area contributed by atoms with E-state index in [0.29, 0.717) is 18.0 Å². The SMILES string of the molecule is CCc1cnc(Nc2ccc(N3CCC(N4CCN(C)CC4)CC3)cc2OC)nc1Nc1ccc2nccnc2c1N(SC)C1CC1. The molecule has 2 aliphatic heterocycles. The zero-order valence-corrected chi connectivity index (χ0v) is 28.8. The predicted octanol–water partition coefficient (Wildman–Crippen LogP) is 5.94. The van der Waals surface area contributed by atoms with E-state index < -0.39 is 0 Å². The molecule has 7 rings (SSSR count). The van der Waals surface area contributed by atoms with Crippen LogP contribution in [0.25, 0.3) is 11.0 Å². The first-order valence-corrected chi connectivity index (χ1v) is 18.1. The number of methoxy groups -OCH3 is 1. The Morgan fingerprint density at radius 1 is 0.915 bits per heavy atom. The van der Waals surface area contributed by atoms with Gasteiger partial charge in [-0.25, -0.2) is 4.98 Å². The van der Waals surface area contributed by atoms with Crippen LogP contribution >= 0.6 is 11.9 Å². The molecule has 0 amide bonds. The molecule has 1 saturated carbocycles. The van der Waals surface area contributed by atoms with Crippen molar-refractivity contribution in [3.05, 3.63) is 54.5 Å². The molecule has 0 radical (unpaired) electrons. The maximum absolute atomic E-state index is 5.88. The number of piperidine rings is 1. The van der Waals surface area contributed by atoms with Gasteiger partial charge in [0, 0.05) is 93.5 Å². The van der Waals surface area contributed by atoms with Crippen molar-refractivity contribution in [1.82, 2.24) is 29.7 Å². The number of ether oxygens (including phenoxy) is 1. The number of fused-ring (bicyclic) bond motifs is 1. The smallest absolute Gasteiger partial charge is 0.229 e. The van der Waals surface area contributed by atoms with Crippen molar-refractivity contribution in [2.24, 2.45) is 0 Å². The first kappa shape index (κ1) is 31.7. The number of aryl methyl sites for hydroxylation is 1. The van der Waals surface area contributed by atoms with Crippen LogP contribution in [0.15, 0.2) is 48.9 Å². The third kappa shape index (κ3) is 6.90. The molecule has 248 valence electrons. The van der Waals surface area contributed by atoms with Crippen LogP contribution in [0.3, 0.4) is 0 Å². The summed E-state index contributed by atoms with van der Waals surface area (Å²) in [6.07, 6.45) is 13.1. The predicted molar refractivity (Wildman–Crippen MR) is 194 cm³/mol. The molecular weight excluding hydrogens is 609 g/mol. The van der Waals surface area contributed by atoms with E-state index in [1.807, 2.05) is 12.3 Å². The van der Waals surface area contributed by atoms with E-state index >= 15 is 0 Å². The summed E-state index contributed by atoms with van der Waals surface area (Å²) in [5.41, 5.74) is 6.83. The highest BCUT2D eigenvalue weighted by Crippen LogP contribution is 2.44. The van der Waals surface area contributed by atoms with E-state index in [1.165, 1.54) is 57.5 Å². The minimum absolute atomic E-state index is 0.491. The second-order valence-electron chi connectivity index (χ2n) is 12.7. The average Bonchev–Trinajstić information content (AvgIpc) is 3.96. The molecule has 0 spiro atoms. The number of aromatic nitrogens is 4. The van der Waals surface area contributed by atoms with Gasteiger partial charge in [-0.05, 0) is 63.4 Å². The minimum atomic E-state index is 0.491. The van der Waals surface area contributed by atoms with Gasteiger partial charge in [0.15, 0.2) is 0 Å². The van der Waals surface area contributed by atoms with Crippen LogP contribution in [-0.2, 0) is 6.42 Å². The lowest BCUT2D eigenvalue weighted by Crippen LogP contribution is -2.52. The summed E-state index contributed by atoms with van der Waals surface area (Å²) in [5.74, 6) is 2.05. The van der Waals surface area contributed by atoms with Crippen LogP contribution in [0.2, 0.25) is 0 Å². The fourth-order valence-corrected chi connectivity index (χ4v) is 7.69. The lowest BCUT2D eigenvalue weighted by atomic mass is 10.0. The number of benzene rings is 2. The second-order valence-corrected chi connectivity index (χ2v) is 13.5. The van der Waals surface area contributed by atoms with Gasteiger partial charge in [-0.2, -0.15) is 4.98 Å². The van der Waals surface area contributed by atoms with Crippen LogP contribution in [0.1, 0.15) is 38.2 Å². The van der Waals surface area contributed by atoms with Crippen molar-refractivity contribution < 1.29 is 4.74 Å². The van der Waals surface area contributed by atoms with Crippen LogP contribution in [0, 0.1) is 0 Å². The highest BCUT2D eigenvalue weighted by atomic mass is 32.2. The molecule has 2 aromatic heterocycles. The quantitative estimate of drug-likeness (QED) is 0.187. The fourth-order valence-electron chi connectivity index (χ4n) is 6.82. The number of hydrogen-bond acceptors (Lipinski definition) is 12. The molecule has 3 fully saturated rings. The van der Waals surface area contributed by atoms with Crippen molar-refractivity contribution in [3.8, 4) is 5.75 Å². The molecule has 0 atom stereocenters. The number of hydrogen-bond donors (Lipinski definition) is 2. The van der Waals surface area contributed by atoms with Crippen molar-refractivity contribution in [2.75, 3.05) is 79.5 Å². The van der Waals surface area contributed by atoms with Gasteiger partial charge in [-0.3, -0.25) is 14.9 Å². The molecule has 3 aliphatic rings. The van der Waals surface area contributed by atoms with Crippen molar-refractivity contribution >= 4 is 57.5 Å². The lowest BCUT2D eigenvalue weighted by molar-refractivity contribution is 0.0982. The van der Waals surface area contributed by atoms with E-state index in [9.17, 15) is 0 Å². The molecule has 4 aromatic rings. The number of likely N-dealkylation sites (N-methyl/N-ethyl adjacent to an activating group) is 1. The Kier molecular flexibility index (Phi) is 9.51. The van der Waals surface area contributed by atoms with Gasteiger partial charge in [0.1, 0.15) is 17.1 Å². The van der Waals surface area contributed by atoms with E-state index in [4.69, 9.17) is 14.7 Å². The Morgan fingerprint density at radius 2 is 1.68 bits per heavy atom. The maximum Gasteiger partial charge on any atom is 0.229 e. The summed E-state index contributed by atoms with van der Waals surface area (Å²) in [4.78, 5) is 26.6. The van der Waals surface area contributed by atoms with Gasteiger partial charge in [0.2, 0.25) is 5.95 Å². The van der Waals surface area contributed by atoms with Gasteiger partial charge in [0.25, 0.3) is 0 Å². The maximum atomic E-state index is 5.88. The summed E-state index contributed by atoms with van der Waals surface area (Å²) in [7, 11) is 3.94. The summed E-state index contributed by atoms with van der Waals surface area (Å²) in [6.45, 7) is 8.95. The fraction of sp³-hybridized carbons (Fsp3) is 0.486. The Morgan fingerprint density at radius 3 is 2.40 bits per heavy atom. The summed E-state index contributed by atoms with van der Waals surface area (Å²) < 4.78 is 8.24. The molecule has 0 bridgehead atoms. The Hall–Kier alpha value is -3.87. The van der Waals surface area contributed by atoms with Gasteiger partial charge in [-0.15, -0.1) is 0 Å². The van der Waals surface area contributed by atoms with Gasteiger partial charge in [-0.1, -0.05) is 18.9 Å². The Balaban J connectivity index is 1.09. The molecule has 11 nitrogen and oxygen atoms in total. The van der Waals surface area contributed by atoms with E-state index in [0.717, 1.165) is 64.7 Å². The second kappa shape index (κ2) is 14.1. The van der Waals surface area contributed by atoms with Gasteiger partial charge < -0.3 is 29.5 Å². The van der Waals surface area contributed by atoms with E-state index in [2.05, 4.69) is 84.1 Å². The van der Waals surface area contributed by atoms with Crippen LogP contribution in [0.4, 0.5) is 34.5 Å². The van der Waals surface area contributed by atoms with Crippen molar-refractivity contribution in [3.63, 3.8) is 0 Å². The molecule has 1 aliphatic carbocycles. The van der Waals surface area contributed by atoms with Gasteiger partial charge >= 0.3 is 0 Å². The first-order chi connectivity index (χ1) is 23.0. The van der Waals surface area contributed by atoms with E-state index in [-0.39, 0.29) is 0 Å². The highest BCUT2D eigenvalue weighted by molar-refractivity contribution is 8.00. The van der Waals surface area contributed by atoms with Crippen LogP contribution < -0.4 is 24.6 Å². The number of piperazine rings is 1. The average molecular weight is 655 g/mol. The largest absolute Gasteiger partial charge is 0.494 e. The molecule has 2 N–H and O–H groups in total. The van der Waals surface area contributed by atoms with Crippen LogP contribution in [0.5, 0.6) is 5.75 Å². The summed E-state index contributed by atoms with van der Waals surface area (Å²) in [6, 6.07) is 11.7. The molecule has 2 aromatic carbocycles. The third-order valence-corrected chi connectivity index (χ3v) is 10.6. The molecule has 0 unspecified atom stereocenters. The molecule has 4 heterocycles. The number of nitrogens with zero attached hydrogens (tertiary/aromatic N) is 8. The molecule has 47 heavy (non-hydrogen) atoms. The normalized spacial score (nSPS) is 18.0. The standard InChI is InChI=1S/C35H46N10OS/c1-5-24-23-38-35(41-34(24)39-30-11-10-29-32(37-15-14-36-29)33(30)45(47-4)26-6-7-26)40-28-9-8-27(22-31(28)46-3)43-16-12-25(13-17-43)44-20-18-42(2)19-21-44/h8-11,14-15,22-23,25-26H,5-7,12-13,16-21H2,1-4H3,(H2,38,39,40,41).